The van der Waals surface area contributed by atoms with E-state index in [1.165, 1.54) is 6.92 Å². The predicted octanol–water partition coefficient (Wildman–Crippen LogP) is 2.59. The van der Waals surface area contributed by atoms with Gasteiger partial charge < -0.3 is 0 Å². The molecule has 64 valence electrons. The molecule has 1 nitrogen and oxygen atoms in total. The van der Waals surface area contributed by atoms with Gasteiger partial charge >= 0.3 is 0 Å². The zero-order valence-corrected chi connectivity index (χ0v) is 7.17. The SMILES string of the molecule is CC(=O)C(F)c1ccccc1C. The van der Waals surface area contributed by atoms with Crippen LogP contribution in [0.3, 0.4) is 0 Å². The van der Waals surface area contributed by atoms with Gasteiger partial charge in [0.05, 0.1) is 0 Å². The maximum Gasteiger partial charge on any atom is 0.183 e. The molecule has 0 saturated heterocycles. The Balaban J connectivity index is 3.02. The first-order chi connectivity index (χ1) is 5.63. The van der Waals surface area contributed by atoms with Crippen molar-refractivity contribution in [3.63, 3.8) is 0 Å². The highest BCUT2D eigenvalue weighted by molar-refractivity contribution is 5.82. The van der Waals surface area contributed by atoms with E-state index in [1.807, 2.05) is 6.07 Å². The van der Waals surface area contributed by atoms with E-state index in [9.17, 15) is 9.18 Å². The molecular weight excluding hydrogens is 155 g/mol. The summed E-state index contributed by atoms with van der Waals surface area (Å²) >= 11 is 0. The van der Waals surface area contributed by atoms with Gasteiger partial charge in [0.15, 0.2) is 12.0 Å². The van der Waals surface area contributed by atoms with Crippen molar-refractivity contribution in [1.29, 1.82) is 0 Å². The fourth-order valence-corrected chi connectivity index (χ4v) is 1.09. The summed E-state index contributed by atoms with van der Waals surface area (Å²) < 4.78 is 13.2. The molecule has 1 aromatic carbocycles. The number of ketones is 1. The molecule has 1 unspecified atom stereocenters. The summed E-state index contributed by atoms with van der Waals surface area (Å²) in [4.78, 5) is 10.7. The van der Waals surface area contributed by atoms with Gasteiger partial charge in [-0.3, -0.25) is 4.79 Å². The molecule has 0 bridgehead atoms. The third-order valence-electron chi connectivity index (χ3n) is 1.82. The Kier molecular flexibility index (Phi) is 2.58. The van der Waals surface area contributed by atoms with E-state index in [2.05, 4.69) is 0 Å². The number of carbonyl (C=O) groups is 1. The Bertz CT molecular complexity index is 294. The number of Topliss-reactive ketones (excluding diaryl/α,β-unsaturated/α-hetero) is 1. The highest BCUT2D eigenvalue weighted by Crippen LogP contribution is 2.21. The number of benzene rings is 1. The second-order valence-electron chi connectivity index (χ2n) is 2.83. The molecular formula is C10H11FO. The average Bonchev–Trinajstić information content (AvgIpc) is 2.04. The predicted molar refractivity (Wildman–Crippen MR) is 45.7 cm³/mol. The van der Waals surface area contributed by atoms with Crippen LogP contribution < -0.4 is 0 Å². The van der Waals surface area contributed by atoms with Crippen molar-refractivity contribution >= 4 is 5.78 Å². The van der Waals surface area contributed by atoms with Crippen molar-refractivity contribution in [2.75, 3.05) is 0 Å². The van der Waals surface area contributed by atoms with E-state index < -0.39 is 12.0 Å². The maximum atomic E-state index is 13.2. The fourth-order valence-electron chi connectivity index (χ4n) is 1.09. The molecule has 1 rings (SSSR count). The zero-order chi connectivity index (χ0) is 9.14. The minimum absolute atomic E-state index is 0.440. The van der Waals surface area contributed by atoms with Crippen LogP contribution in [0.2, 0.25) is 0 Å². The number of alkyl halides is 1. The van der Waals surface area contributed by atoms with Gasteiger partial charge in [-0.1, -0.05) is 24.3 Å². The van der Waals surface area contributed by atoms with Gasteiger partial charge in [0.25, 0.3) is 0 Å². The van der Waals surface area contributed by atoms with E-state index in [1.54, 1.807) is 25.1 Å². The van der Waals surface area contributed by atoms with E-state index in [0.717, 1.165) is 5.56 Å². The number of rotatable bonds is 2. The van der Waals surface area contributed by atoms with E-state index in [4.69, 9.17) is 0 Å². The van der Waals surface area contributed by atoms with Crippen molar-refractivity contribution in [2.45, 2.75) is 20.0 Å². The van der Waals surface area contributed by atoms with Crippen molar-refractivity contribution < 1.29 is 9.18 Å². The highest BCUT2D eigenvalue weighted by atomic mass is 19.1. The van der Waals surface area contributed by atoms with Crippen LogP contribution in [0, 0.1) is 6.92 Å². The molecule has 0 amide bonds. The van der Waals surface area contributed by atoms with Gasteiger partial charge in [-0.05, 0) is 25.0 Å². The first-order valence-electron chi connectivity index (χ1n) is 3.83. The van der Waals surface area contributed by atoms with Crippen molar-refractivity contribution in [3.05, 3.63) is 35.4 Å². The lowest BCUT2D eigenvalue weighted by molar-refractivity contribution is -0.121. The minimum Gasteiger partial charge on any atom is -0.296 e. The average molecular weight is 166 g/mol. The number of aryl methyl sites for hydroxylation is 1. The number of carbonyl (C=O) groups excluding carboxylic acids is 1. The van der Waals surface area contributed by atoms with Crippen LogP contribution in [0.4, 0.5) is 4.39 Å². The fraction of sp³-hybridized carbons (Fsp3) is 0.300. The molecule has 0 aromatic heterocycles. The van der Waals surface area contributed by atoms with Crippen LogP contribution in [0.1, 0.15) is 24.2 Å². The van der Waals surface area contributed by atoms with Crippen LogP contribution in [-0.2, 0) is 4.79 Å². The van der Waals surface area contributed by atoms with Gasteiger partial charge in [0, 0.05) is 0 Å². The summed E-state index contributed by atoms with van der Waals surface area (Å²) in [6.07, 6.45) is -1.47. The lowest BCUT2D eigenvalue weighted by Crippen LogP contribution is -2.04. The van der Waals surface area contributed by atoms with E-state index in [0.29, 0.717) is 5.56 Å². The number of halogens is 1. The largest absolute Gasteiger partial charge is 0.296 e. The Morgan fingerprint density at radius 3 is 2.50 bits per heavy atom. The standard InChI is InChI=1S/C10H11FO/c1-7-5-3-4-6-9(7)10(11)8(2)12/h3-6,10H,1-2H3. The van der Waals surface area contributed by atoms with Crippen molar-refractivity contribution in [2.24, 2.45) is 0 Å². The second kappa shape index (κ2) is 3.48. The monoisotopic (exact) mass is 166 g/mol. The maximum absolute atomic E-state index is 13.2. The van der Waals surface area contributed by atoms with Crippen LogP contribution in [-0.4, -0.2) is 5.78 Å². The summed E-state index contributed by atoms with van der Waals surface area (Å²) in [5.41, 5.74) is 1.30. The molecule has 2 heteroatoms. The molecule has 12 heavy (non-hydrogen) atoms. The Hall–Kier alpha value is -1.18. The molecule has 0 saturated carbocycles. The Morgan fingerprint density at radius 1 is 1.42 bits per heavy atom. The highest BCUT2D eigenvalue weighted by Gasteiger charge is 2.15. The minimum atomic E-state index is -1.47. The van der Waals surface area contributed by atoms with Crippen LogP contribution >= 0.6 is 0 Å². The van der Waals surface area contributed by atoms with Gasteiger partial charge in [-0.2, -0.15) is 0 Å². The quantitative estimate of drug-likeness (QED) is 0.660. The normalized spacial score (nSPS) is 12.6. The topological polar surface area (TPSA) is 17.1 Å². The van der Waals surface area contributed by atoms with Crippen molar-refractivity contribution in [1.82, 2.24) is 0 Å². The van der Waals surface area contributed by atoms with Crippen LogP contribution in [0.15, 0.2) is 24.3 Å². The summed E-state index contributed by atoms with van der Waals surface area (Å²) in [6.45, 7) is 3.06. The molecule has 0 radical (unpaired) electrons. The van der Waals surface area contributed by atoms with Gasteiger partial charge in [-0.15, -0.1) is 0 Å². The Labute approximate surface area is 71.2 Å². The third-order valence-corrected chi connectivity index (χ3v) is 1.82. The molecule has 0 spiro atoms. The summed E-state index contributed by atoms with van der Waals surface area (Å²) in [5.74, 6) is -0.440. The van der Waals surface area contributed by atoms with Gasteiger partial charge in [-0.25, -0.2) is 4.39 Å². The number of hydrogen-bond donors (Lipinski definition) is 0. The lowest BCUT2D eigenvalue weighted by atomic mass is 10.0. The number of hydrogen-bond acceptors (Lipinski definition) is 1. The van der Waals surface area contributed by atoms with Crippen LogP contribution in [0.5, 0.6) is 0 Å². The summed E-state index contributed by atoms with van der Waals surface area (Å²) in [7, 11) is 0. The van der Waals surface area contributed by atoms with E-state index >= 15 is 0 Å². The molecule has 0 fully saturated rings. The molecule has 0 heterocycles. The third kappa shape index (κ3) is 1.70. The lowest BCUT2D eigenvalue weighted by Gasteiger charge is -2.06. The zero-order valence-electron chi connectivity index (χ0n) is 7.17. The van der Waals surface area contributed by atoms with E-state index in [-0.39, 0.29) is 0 Å². The molecule has 0 aliphatic rings. The van der Waals surface area contributed by atoms with Gasteiger partial charge in [0.1, 0.15) is 0 Å². The second-order valence-corrected chi connectivity index (χ2v) is 2.83. The Morgan fingerprint density at radius 2 is 2.00 bits per heavy atom. The summed E-state index contributed by atoms with van der Waals surface area (Å²) in [6, 6.07) is 7.00. The molecule has 1 aromatic rings. The molecule has 1 atom stereocenters. The molecule has 0 aliphatic heterocycles. The van der Waals surface area contributed by atoms with Crippen molar-refractivity contribution in [3.8, 4) is 0 Å². The first kappa shape index (κ1) is 8.91. The first-order valence-corrected chi connectivity index (χ1v) is 3.83. The van der Waals surface area contributed by atoms with Crippen LogP contribution in [0.25, 0.3) is 0 Å². The molecule has 0 N–H and O–H groups in total. The molecule has 0 aliphatic carbocycles. The smallest absolute Gasteiger partial charge is 0.183 e. The van der Waals surface area contributed by atoms with Gasteiger partial charge in [0.2, 0.25) is 0 Å². The summed E-state index contributed by atoms with van der Waals surface area (Å²) in [5, 5.41) is 0.